The standard InChI is InChI=1S/C15H21N3O/c19-15(11-6-7-11)18-14-9-8-13(10-16-14)17-12-4-2-1-3-5-12/h8-12,17H,1-7H2,(H,16,18,19). The van der Waals surface area contributed by atoms with Crippen molar-refractivity contribution in [3.8, 4) is 0 Å². The first kappa shape index (κ1) is 12.5. The summed E-state index contributed by atoms with van der Waals surface area (Å²) < 4.78 is 0. The molecule has 0 radical (unpaired) electrons. The second-order valence-electron chi connectivity index (χ2n) is 5.67. The van der Waals surface area contributed by atoms with Gasteiger partial charge in [0.25, 0.3) is 0 Å². The third-order valence-electron chi connectivity index (χ3n) is 3.94. The minimum absolute atomic E-state index is 0.112. The lowest BCUT2D eigenvalue weighted by Gasteiger charge is -2.23. The quantitative estimate of drug-likeness (QED) is 0.873. The Morgan fingerprint density at radius 1 is 1.11 bits per heavy atom. The number of amides is 1. The van der Waals surface area contributed by atoms with E-state index in [4.69, 9.17) is 0 Å². The summed E-state index contributed by atoms with van der Waals surface area (Å²) in [5, 5.41) is 6.38. The number of pyridine rings is 1. The maximum absolute atomic E-state index is 11.6. The van der Waals surface area contributed by atoms with Crippen LogP contribution < -0.4 is 10.6 Å². The van der Waals surface area contributed by atoms with E-state index in [-0.39, 0.29) is 11.8 Å². The fourth-order valence-electron chi connectivity index (χ4n) is 2.61. The van der Waals surface area contributed by atoms with Gasteiger partial charge in [0.15, 0.2) is 0 Å². The molecular weight excluding hydrogens is 238 g/mol. The highest BCUT2D eigenvalue weighted by atomic mass is 16.2. The van der Waals surface area contributed by atoms with Crippen LogP contribution in [0.3, 0.4) is 0 Å². The van der Waals surface area contributed by atoms with Gasteiger partial charge < -0.3 is 10.6 Å². The van der Waals surface area contributed by atoms with Gasteiger partial charge in [0.05, 0.1) is 11.9 Å². The summed E-state index contributed by atoms with van der Waals surface area (Å²) in [4.78, 5) is 15.9. The van der Waals surface area contributed by atoms with Crippen molar-refractivity contribution in [1.29, 1.82) is 0 Å². The monoisotopic (exact) mass is 259 g/mol. The molecule has 2 fully saturated rings. The van der Waals surface area contributed by atoms with E-state index in [1.807, 2.05) is 18.3 Å². The van der Waals surface area contributed by atoms with Crippen LogP contribution in [0.2, 0.25) is 0 Å². The molecule has 19 heavy (non-hydrogen) atoms. The number of nitrogens with zero attached hydrogens (tertiary/aromatic N) is 1. The first-order valence-electron chi connectivity index (χ1n) is 7.35. The van der Waals surface area contributed by atoms with Gasteiger partial charge >= 0.3 is 0 Å². The minimum Gasteiger partial charge on any atom is -0.381 e. The average Bonchev–Trinajstić information content (AvgIpc) is 3.27. The molecule has 0 aromatic carbocycles. The van der Waals surface area contributed by atoms with Crippen molar-refractivity contribution in [2.45, 2.75) is 51.0 Å². The van der Waals surface area contributed by atoms with E-state index in [2.05, 4.69) is 15.6 Å². The summed E-state index contributed by atoms with van der Waals surface area (Å²) >= 11 is 0. The molecule has 1 heterocycles. The summed E-state index contributed by atoms with van der Waals surface area (Å²) in [7, 11) is 0. The maximum atomic E-state index is 11.6. The molecule has 0 aliphatic heterocycles. The molecular formula is C15H21N3O. The molecule has 2 saturated carbocycles. The van der Waals surface area contributed by atoms with Crippen LogP contribution in [0, 0.1) is 5.92 Å². The van der Waals surface area contributed by atoms with Gasteiger partial charge in [0, 0.05) is 12.0 Å². The SMILES string of the molecule is O=C(Nc1ccc(NC2CCCCC2)cn1)C1CC1. The minimum atomic E-state index is 0.112. The lowest BCUT2D eigenvalue weighted by Crippen LogP contribution is -2.22. The molecule has 0 saturated heterocycles. The molecule has 102 valence electrons. The third-order valence-corrected chi connectivity index (χ3v) is 3.94. The van der Waals surface area contributed by atoms with Gasteiger partial charge in [-0.2, -0.15) is 0 Å². The van der Waals surface area contributed by atoms with Crippen LogP contribution in [0.15, 0.2) is 18.3 Å². The summed E-state index contributed by atoms with van der Waals surface area (Å²) in [6.07, 6.45) is 10.4. The summed E-state index contributed by atoms with van der Waals surface area (Å²) in [6.45, 7) is 0. The fraction of sp³-hybridized carbons (Fsp3) is 0.600. The maximum Gasteiger partial charge on any atom is 0.228 e. The smallest absolute Gasteiger partial charge is 0.228 e. The average molecular weight is 259 g/mol. The van der Waals surface area contributed by atoms with E-state index in [1.165, 1.54) is 32.1 Å². The zero-order valence-electron chi connectivity index (χ0n) is 11.2. The second-order valence-corrected chi connectivity index (χ2v) is 5.67. The molecule has 0 unspecified atom stereocenters. The van der Waals surface area contributed by atoms with Crippen molar-refractivity contribution in [1.82, 2.24) is 4.98 Å². The van der Waals surface area contributed by atoms with Gasteiger partial charge in [0.1, 0.15) is 5.82 Å². The summed E-state index contributed by atoms with van der Waals surface area (Å²) in [6, 6.07) is 4.47. The van der Waals surface area contributed by atoms with E-state index < -0.39 is 0 Å². The van der Waals surface area contributed by atoms with Gasteiger partial charge in [0.2, 0.25) is 5.91 Å². The van der Waals surface area contributed by atoms with Crippen molar-refractivity contribution < 1.29 is 4.79 Å². The predicted octanol–water partition coefficient (Wildman–Crippen LogP) is 3.17. The van der Waals surface area contributed by atoms with Crippen molar-refractivity contribution >= 4 is 17.4 Å². The van der Waals surface area contributed by atoms with Gasteiger partial charge in [-0.15, -0.1) is 0 Å². The highest BCUT2D eigenvalue weighted by Gasteiger charge is 2.29. The molecule has 4 nitrogen and oxygen atoms in total. The molecule has 1 aromatic rings. The Bertz CT molecular complexity index is 433. The molecule has 0 spiro atoms. The van der Waals surface area contributed by atoms with Gasteiger partial charge in [-0.1, -0.05) is 19.3 Å². The highest BCUT2D eigenvalue weighted by molar-refractivity contribution is 5.93. The molecule has 0 atom stereocenters. The molecule has 2 aliphatic rings. The topological polar surface area (TPSA) is 54.0 Å². The first-order chi connectivity index (χ1) is 9.31. The number of aromatic nitrogens is 1. The largest absolute Gasteiger partial charge is 0.381 e. The normalized spacial score (nSPS) is 20.0. The Kier molecular flexibility index (Phi) is 3.67. The molecule has 2 N–H and O–H groups in total. The first-order valence-corrected chi connectivity index (χ1v) is 7.35. The Morgan fingerprint density at radius 3 is 2.53 bits per heavy atom. The fourth-order valence-corrected chi connectivity index (χ4v) is 2.61. The Balaban J connectivity index is 1.54. The lowest BCUT2D eigenvalue weighted by molar-refractivity contribution is -0.117. The number of hydrogen-bond donors (Lipinski definition) is 2. The number of carbonyl (C=O) groups excluding carboxylic acids is 1. The number of nitrogens with one attached hydrogen (secondary N) is 2. The van der Waals surface area contributed by atoms with Gasteiger partial charge in [-0.3, -0.25) is 4.79 Å². The van der Waals surface area contributed by atoms with Crippen molar-refractivity contribution in [2.24, 2.45) is 5.92 Å². The number of rotatable bonds is 4. The Labute approximate surface area is 114 Å². The third kappa shape index (κ3) is 3.46. The molecule has 1 aromatic heterocycles. The molecule has 1 amide bonds. The zero-order chi connectivity index (χ0) is 13.1. The number of anilines is 2. The Hall–Kier alpha value is -1.58. The molecule has 4 heteroatoms. The van der Waals surface area contributed by atoms with Crippen molar-refractivity contribution in [3.63, 3.8) is 0 Å². The summed E-state index contributed by atoms with van der Waals surface area (Å²) in [5.74, 6) is 0.994. The van der Waals surface area contributed by atoms with Crippen LogP contribution in [0.4, 0.5) is 11.5 Å². The predicted molar refractivity (Wildman–Crippen MR) is 76.1 cm³/mol. The number of carbonyl (C=O) groups is 1. The molecule has 2 aliphatic carbocycles. The van der Waals surface area contributed by atoms with Gasteiger partial charge in [-0.05, 0) is 37.8 Å². The van der Waals surface area contributed by atoms with Crippen LogP contribution in [0.5, 0.6) is 0 Å². The van der Waals surface area contributed by atoms with Gasteiger partial charge in [-0.25, -0.2) is 4.98 Å². The Morgan fingerprint density at radius 2 is 1.89 bits per heavy atom. The highest BCUT2D eigenvalue weighted by Crippen LogP contribution is 2.30. The van der Waals surface area contributed by atoms with E-state index in [0.29, 0.717) is 11.9 Å². The van der Waals surface area contributed by atoms with Crippen LogP contribution in [0.25, 0.3) is 0 Å². The van der Waals surface area contributed by atoms with E-state index in [1.54, 1.807) is 0 Å². The van der Waals surface area contributed by atoms with Crippen molar-refractivity contribution in [3.05, 3.63) is 18.3 Å². The van der Waals surface area contributed by atoms with Crippen molar-refractivity contribution in [2.75, 3.05) is 10.6 Å². The van der Waals surface area contributed by atoms with E-state index in [9.17, 15) is 4.79 Å². The molecule has 3 rings (SSSR count). The van der Waals surface area contributed by atoms with Crippen LogP contribution in [0.1, 0.15) is 44.9 Å². The van der Waals surface area contributed by atoms with Crippen LogP contribution in [-0.4, -0.2) is 16.9 Å². The zero-order valence-corrected chi connectivity index (χ0v) is 11.2. The van der Waals surface area contributed by atoms with E-state index >= 15 is 0 Å². The number of hydrogen-bond acceptors (Lipinski definition) is 3. The van der Waals surface area contributed by atoms with Crippen LogP contribution >= 0.6 is 0 Å². The second kappa shape index (κ2) is 5.59. The van der Waals surface area contributed by atoms with E-state index in [0.717, 1.165) is 18.5 Å². The van der Waals surface area contributed by atoms with Crippen LogP contribution in [-0.2, 0) is 4.79 Å². The molecule has 0 bridgehead atoms. The lowest BCUT2D eigenvalue weighted by atomic mass is 9.95. The summed E-state index contributed by atoms with van der Waals surface area (Å²) in [5.41, 5.74) is 1.05.